The predicted molar refractivity (Wildman–Crippen MR) is 54.3 cm³/mol. The summed E-state index contributed by atoms with van der Waals surface area (Å²) in [5, 5.41) is 0. The zero-order valence-electron chi connectivity index (χ0n) is 8.47. The van der Waals surface area contributed by atoms with Crippen molar-refractivity contribution in [2.75, 3.05) is 0 Å². The van der Waals surface area contributed by atoms with E-state index in [2.05, 4.69) is 4.98 Å². The Hall–Kier alpha value is -1.84. The van der Waals surface area contributed by atoms with Gasteiger partial charge in [0.15, 0.2) is 11.6 Å². The third kappa shape index (κ3) is 1.78. The molecule has 0 aliphatic rings. The number of pyridine rings is 1. The molecular formula is C12H8F3N. The summed E-state index contributed by atoms with van der Waals surface area (Å²) in [5.41, 5.74) is 0.750. The Morgan fingerprint density at radius 1 is 1.12 bits per heavy atom. The number of hydrogen-bond acceptors (Lipinski definition) is 1. The van der Waals surface area contributed by atoms with Gasteiger partial charge in [-0.15, -0.1) is 0 Å². The Bertz CT molecular complexity index is 538. The van der Waals surface area contributed by atoms with Crippen molar-refractivity contribution in [1.82, 2.24) is 4.98 Å². The number of rotatable bonds is 1. The molecule has 0 saturated carbocycles. The van der Waals surface area contributed by atoms with Crippen LogP contribution in [0.25, 0.3) is 11.3 Å². The molecule has 1 aromatic carbocycles. The fourth-order valence-electron chi connectivity index (χ4n) is 1.51. The minimum atomic E-state index is -0.968. The predicted octanol–water partition coefficient (Wildman–Crippen LogP) is 3.47. The van der Waals surface area contributed by atoms with Crippen LogP contribution >= 0.6 is 0 Å². The van der Waals surface area contributed by atoms with Crippen molar-refractivity contribution in [3.63, 3.8) is 0 Å². The first-order chi connectivity index (χ1) is 7.59. The molecule has 2 rings (SSSR count). The van der Waals surface area contributed by atoms with Crippen LogP contribution in [0.1, 0.15) is 5.56 Å². The Kier molecular flexibility index (Phi) is 2.64. The molecule has 0 amide bonds. The van der Waals surface area contributed by atoms with Gasteiger partial charge in [-0.3, -0.25) is 4.98 Å². The Morgan fingerprint density at radius 2 is 1.88 bits per heavy atom. The zero-order chi connectivity index (χ0) is 11.7. The molecular weight excluding hydrogens is 215 g/mol. The molecule has 1 nitrogen and oxygen atoms in total. The van der Waals surface area contributed by atoms with E-state index >= 15 is 0 Å². The fourth-order valence-corrected chi connectivity index (χ4v) is 1.51. The summed E-state index contributed by atoms with van der Waals surface area (Å²) in [5.74, 6) is -2.41. The van der Waals surface area contributed by atoms with Crippen LogP contribution in [0.15, 0.2) is 30.5 Å². The molecule has 1 aromatic heterocycles. The van der Waals surface area contributed by atoms with Gasteiger partial charge in [0.2, 0.25) is 0 Å². The van der Waals surface area contributed by atoms with Gasteiger partial charge in [0, 0.05) is 5.56 Å². The van der Waals surface area contributed by atoms with Gasteiger partial charge in [0.1, 0.15) is 5.82 Å². The number of hydrogen-bond donors (Lipinski definition) is 0. The maximum atomic E-state index is 13.5. The van der Waals surface area contributed by atoms with Crippen molar-refractivity contribution in [3.05, 3.63) is 53.5 Å². The van der Waals surface area contributed by atoms with E-state index in [1.165, 1.54) is 18.2 Å². The first-order valence-electron chi connectivity index (χ1n) is 4.66. The van der Waals surface area contributed by atoms with Gasteiger partial charge in [-0.25, -0.2) is 13.2 Å². The third-order valence-corrected chi connectivity index (χ3v) is 2.25. The van der Waals surface area contributed by atoms with Crippen LogP contribution in [0.5, 0.6) is 0 Å². The SMILES string of the molecule is Cc1cc(F)cnc1-c1cccc(F)c1F. The second-order valence-electron chi connectivity index (χ2n) is 3.42. The van der Waals surface area contributed by atoms with Crippen LogP contribution in [-0.4, -0.2) is 4.98 Å². The van der Waals surface area contributed by atoms with Crippen molar-refractivity contribution in [1.29, 1.82) is 0 Å². The zero-order valence-corrected chi connectivity index (χ0v) is 8.47. The number of halogens is 3. The molecule has 4 heteroatoms. The molecule has 1 heterocycles. The van der Waals surface area contributed by atoms with E-state index in [1.54, 1.807) is 6.92 Å². The summed E-state index contributed by atoms with van der Waals surface area (Å²) >= 11 is 0. The largest absolute Gasteiger partial charge is 0.253 e. The lowest BCUT2D eigenvalue weighted by Crippen LogP contribution is -1.95. The summed E-state index contributed by atoms with van der Waals surface area (Å²) in [6.07, 6.45) is 0.979. The molecule has 0 spiro atoms. The first kappa shape index (κ1) is 10.7. The molecule has 2 aromatic rings. The van der Waals surface area contributed by atoms with Gasteiger partial charge < -0.3 is 0 Å². The van der Waals surface area contributed by atoms with Crippen molar-refractivity contribution in [3.8, 4) is 11.3 Å². The number of nitrogens with zero attached hydrogens (tertiary/aromatic N) is 1. The second kappa shape index (κ2) is 3.96. The lowest BCUT2D eigenvalue weighted by molar-refractivity contribution is 0.511. The molecule has 0 radical (unpaired) electrons. The topological polar surface area (TPSA) is 12.9 Å². The molecule has 0 N–H and O–H groups in total. The van der Waals surface area contributed by atoms with Crippen molar-refractivity contribution in [2.45, 2.75) is 6.92 Å². The van der Waals surface area contributed by atoms with Crippen LogP contribution in [0.2, 0.25) is 0 Å². The summed E-state index contributed by atoms with van der Waals surface area (Å²) in [6.45, 7) is 1.59. The standard InChI is InChI=1S/C12H8F3N/c1-7-5-8(13)6-16-12(7)9-3-2-4-10(14)11(9)15/h2-6H,1H3. The maximum absolute atomic E-state index is 13.5. The average Bonchev–Trinajstić information content (AvgIpc) is 2.23. The quantitative estimate of drug-likeness (QED) is 0.721. The molecule has 0 saturated heterocycles. The van der Waals surface area contributed by atoms with Gasteiger partial charge in [-0.1, -0.05) is 6.07 Å². The second-order valence-corrected chi connectivity index (χ2v) is 3.42. The van der Waals surface area contributed by atoms with Gasteiger partial charge in [-0.05, 0) is 30.7 Å². The van der Waals surface area contributed by atoms with E-state index in [0.717, 1.165) is 12.3 Å². The van der Waals surface area contributed by atoms with Gasteiger partial charge in [0.05, 0.1) is 11.9 Å². The third-order valence-electron chi connectivity index (χ3n) is 2.25. The van der Waals surface area contributed by atoms with Crippen LogP contribution in [0.4, 0.5) is 13.2 Å². The van der Waals surface area contributed by atoms with Crippen molar-refractivity contribution in [2.24, 2.45) is 0 Å². The van der Waals surface area contributed by atoms with E-state index < -0.39 is 17.5 Å². The molecule has 82 valence electrons. The molecule has 0 atom stereocenters. The molecule has 16 heavy (non-hydrogen) atoms. The van der Waals surface area contributed by atoms with Crippen LogP contribution in [0.3, 0.4) is 0 Å². The molecule has 0 unspecified atom stereocenters. The molecule has 0 fully saturated rings. The number of benzene rings is 1. The lowest BCUT2D eigenvalue weighted by Gasteiger charge is -2.06. The van der Waals surface area contributed by atoms with Crippen molar-refractivity contribution < 1.29 is 13.2 Å². The van der Waals surface area contributed by atoms with E-state index in [-0.39, 0.29) is 11.3 Å². The van der Waals surface area contributed by atoms with E-state index in [1.807, 2.05) is 0 Å². The number of aromatic nitrogens is 1. The smallest absolute Gasteiger partial charge is 0.168 e. The van der Waals surface area contributed by atoms with Gasteiger partial charge in [0.25, 0.3) is 0 Å². The lowest BCUT2D eigenvalue weighted by atomic mass is 10.1. The minimum absolute atomic E-state index is 0.0394. The minimum Gasteiger partial charge on any atom is -0.253 e. The highest BCUT2D eigenvalue weighted by Crippen LogP contribution is 2.25. The van der Waals surface area contributed by atoms with Crippen LogP contribution < -0.4 is 0 Å². The van der Waals surface area contributed by atoms with E-state index in [4.69, 9.17) is 0 Å². The Balaban J connectivity index is 2.63. The summed E-state index contributed by atoms with van der Waals surface area (Å²) in [7, 11) is 0. The van der Waals surface area contributed by atoms with Crippen molar-refractivity contribution >= 4 is 0 Å². The molecule has 0 bridgehead atoms. The van der Waals surface area contributed by atoms with Gasteiger partial charge in [-0.2, -0.15) is 0 Å². The normalized spacial score (nSPS) is 10.5. The molecule has 0 aliphatic heterocycles. The highest BCUT2D eigenvalue weighted by molar-refractivity contribution is 5.63. The average molecular weight is 223 g/mol. The van der Waals surface area contributed by atoms with Gasteiger partial charge >= 0.3 is 0 Å². The Labute approximate surface area is 90.6 Å². The van der Waals surface area contributed by atoms with Crippen LogP contribution in [-0.2, 0) is 0 Å². The summed E-state index contributed by atoms with van der Waals surface area (Å²) in [6, 6.07) is 5.05. The monoisotopic (exact) mass is 223 g/mol. The van der Waals surface area contributed by atoms with E-state index in [9.17, 15) is 13.2 Å². The van der Waals surface area contributed by atoms with E-state index in [0.29, 0.717) is 5.56 Å². The maximum Gasteiger partial charge on any atom is 0.168 e. The highest BCUT2D eigenvalue weighted by atomic mass is 19.2. The first-order valence-corrected chi connectivity index (χ1v) is 4.66. The fraction of sp³-hybridized carbons (Fsp3) is 0.0833. The van der Waals surface area contributed by atoms with Crippen LogP contribution in [0, 0.1) is 24.4 Å². The summed E-state index contributed by atoms with van der Waals surface area (Å²) < 4.78 is 39.3. The summed E-state index contributed by atoms with van der Waals surface area (Å²) in [4.78, 5) is 3.77. The molecule has 0 aliphatic carbocycles. The number of aryl methyl sites for hydroxylation is 1. The highest BCUT2D eigenvalue weighted by Gasteiger charge is 2.12. The Morgan fingerprint density at radius 3 is 2.56 bits per heavy atom.